The number of nitrogens with zero attached hydrogens (tertiary/aromatic N) is 2. The van der Waals surface area contributed by atoms with Gasteiger partial charge in [-0.1, -0.05) is 0 Å². The lowest BCUT2D eigenvalue weighted by Gasteiger charge is -2.10. The van der Waals surface area contributed by atoms with Gasteiger partial charge in [0, 0.05) is 17.0 Å². The molecule has 1 saturated carbocycles. The number of pyridine rings is 1. The molecule has 1 N–H and O–H groups in total. The van der Waals surface area contributed by atoms with Crippen LogP contribution in [0.25, 0.3) is 11.1 Å². The van der Waals surface area contributed by atoms with E-state index in [2.05, 4.69) is 4.98 Å². The number of aromatic nitrogens is 1. The van der Waals surface area contributed by atoms with Gasteiger partial charge in [-0.3, -0.25) is 0 Å². The Balaban J connectivity index is 2.19. The minimum absolute atomic E-state index is 0.0230. The van der Waals surface area contributed by atoms with Crippen molar-refractivity contribution in [2.45, 2.75) is 18.8 Å². The Kier molecular flexibility index (Phi) is 2.68. The van der Waals surface area contributed by atoms with Crippen LogP contribution in [0.1, 0.15) is 30.1 Å². The molecule has 0 saturated heterocycles. The van der Waals surface area contributed by atoms with Crippen LogP contribution in [0.4, 0.5) is 4.39 Å². The maximum atomic E-state index is 13.3. The molecule has 3 rings (SSSR count). The summed E-state index contributed by atoms with van der Waals surface area (Å²) < 4.78 is 13.3. The molecule has 4 heteroatoms. The molecule has 2 aromatic rings. The second-order valence-corrected chi connectivity index (χ2v) is 4.68. The van der Waals surface area contributed by atoms with E-state index < -0.39 is 5.82 Å². The lowest BCUT2D eigenvalue weighted by Crippen LogP contribution is -1.95. The van der Waals surface area contributed by atoms with Gasteiger partial charge in [0.05, 0.1) is 5.69 Å². The molecule has 0 radical (unpaired) electrons. The predicted molar refractivity (Wildman–Crippen MR) is 68.0 cm³/mol. The first-order chi connectivity index (χ1) is 9.19. The molecule has 19 heavy (non-hydrogen) atoms. The molecule has 1 aromatic carbocycles. The fourth-order valence-corrected chi connectivity index (χ4v) is 2.16. The summed E-state index contributed by atoms with van der Waals surface area (Å²) in [6, 6.07) is 9.17. The molecule has 1 aromatic heterocycles. The summed E-state index contributed by atoms with van der Waals surface area (Å²) >= 11 is 0. The van der Waals surface area contributed by atoms with E-state index in [1.807, 2.05) is 6.07 Å². The normalized spacial score (nSPS) is 14.1. The lowest BCUT2D eigenvalue weighted by atomic mass is 10.00. The number of aromatic hydroxyl groups is 1. The van der Waals surface area contributed by atoms with Gasteiger partial charge in [0.1, 0.15) is 23.3 Å². The van der Waals surface area contributed by atoms with Gasteiger partial charge in [-0.05, 0) is 43.2 Å². The van der Waals surface area contributed by atoms with Crippen LogP contribution in [-0.2, 0) is 0 Å². The zero-order valence-electron chi connectivity index (χ0n) is 10.1. The number of rotatable bonds is 2. The van der Waals surface area contributed by atoms with Crippen molar-refractivity contribution in [2.24, 2.45) is 0 Å². The van der Waals surface area contributed by atoms with Crippen LogP contribution in [0, 0.1) is 17.1 Å². The van der Waals surface area contributed by atoms with Crippen molar-refractivity contribution in [1.82, 2.24) is 4.98 Å². The number of benzene rings is 1. The third-order valence-electron chi connectivity index (χ3n) is 3.25. The Hall–Kier alpha value is -2.41. The zero-order valence-corrected chi connectivity index (χ0v) is 10.1. The Morgan fingerprint density at radius 1 is 1.21 bits per heavy atom. The summed E-state index contributed by atoms with van der Waals surface area (Å²) in [4.78, 5) is 4.31. The Bertz CT molecular complexity index is 687. The van der Waals surface area contributed by atoms with E-state index in [9.17, 15) is 9.50 Å². The molecule has 94 valence electrons. The second kappa shape index (κ2) is 4.36. The van der Waals surface area contributed by atoms with E-state index in [0.29, 0.717) is 22.7 Å². The predicted octanol–water partition coefficient (Wildman–Crippen LogP) is 3.34. The lowest BCUT2D eigenvalue weighted by molar-refractivity contribution is 0.475. The molecule has 0 bridgehead atoms. The fourth-order valence-electron chi connectivity index (χ4n) is 2.16. The quantitative estimate of drug-likeness (QED) is 0.894. The number of hydrogen-bond donors (Lipinski definition) is 1. The third-order valence-corrected chi connectivity index (χ3v) is 3.25. The number of phenols is 1. The van der Waals surface area contributed by atoms with E-state index >= 15 is 0 Å². The largest absolute Gasteiger partial charge is 0.507 e. The van der Waals surface area contributed by atoms with Crippen LogP contribution in [0.2, 0.25) is 0 Å². The van der Waals surface area contributed by atoms with Crippen LogP contribution in [0.15, 0.2) is 30.3 Å². The van der Waals surface area contributed by atoms with Crippen molar-refractivity contribution in [1.29, 1.82) is 5.26 Å². The van der Waals surface area contributed by atoms with E-state index in [1.165, 1.54) is 18.2 Å². The Morgan fingerprint density at radius 2 is 2.00 bits per heavy atom. The third kappa shape index (κ3) is 2.15. The zero-order chi connectivity index (χ0) is 13.4. The van der Waals surface area contributed by atoms with Gasteiger partial charge < -0.3 is 5.11 Å². The van der Waals surface area contributed by atoms with E-state index in [4.69, 9.17) is 5.26 Å². The maximum absolute atomic E-state index is 13.3. The van der Waals surface area contributed by atoms with Crippen molar-refractivity contribution >= 4 is 0 Å². The van der Waals surface area contributed by atoms with Crippen molar-refractivity contribution in [2.75, 3.05) is 0 Å². The average molecular weight is 254 g/mol. The van der Waals surface area contributed by atoms with Crippen LogP contribution in [0.3, 0.4) is 0 Å². The molecule has 3 nitrogen and oxygen atoms in total. The maximum Gasteiger partial charge on any atom is 0.140 e. The van der Waals surface area contributed by atoms with Crippen molar-refractivity contribution < 1.29 is 9.50 Å². The molecule has 1 fully saturated rings. The van der Waals surface area contributed by atoms with E-state index in [1.54, 1.807) is 12.1 Å². The van der Waals surface area contributed by atoms with Crippen LogP contribution < -0.4 is 0 Å². The van der Waals surface area contributed by atoms with Crippen LogP contribution in [-0.4, -0.2) is 10.1 Å². The van der Waals surface area contributed by atoms with Gasteiger partial charge in [-0.2, -0.15) is 5.26 Å². The summed E-state index contributed by atoms with van der Waals surface area (Å²) in [5.41, 5.74) is 2.26. The second-order valence-electron chi connectivity index (χ2n) is 4.68. The van der Waals surface area contributed by atoms with Crippen molar-refractivity contribution in [3.8, 4) is 22.9 Å². The molecule has 0 spiro atoms. The number of hydrogen-bond acceptors (Lipinski definition) is 3. The average Bonchev–Trinajstić information content (AvgIpc) is 3.25. The molecular weight excluding hydrogens is 243 g/mol. The molecular formula is C15H11FN2O. The summed E-state index contributed by atoms with van der Waals surface area (Å²) in [7, 11) is 0. The smallest absolute Gasteiger partial charge is 0.140 e. The molecule has 1 aliphatic rings. The van der Waals surface area contributed by atoms with Gasteiger partial charge in [0.15, 0.2) is 0 Å². The van der Waals surface area contributed by atoms with Crippen molar-refractivity contribution in [3.05, 3.63) is 47.5 Å². The first-order valence-electron chi connectivity index (χ1n) is 6.09. The summed E-state index contributed by atoms with van der Waals surface area (Å²) in [5.74, 6) is -0.0697. The summed E-state index contributed by atoms with van der Waals surface area (Å²) in [6.07, 6.45) is 2.04. The fraction of sp³-hybridized carbons (Fsp3) is 0.200. The highest BCUT2D eigenvalue weighted by molar-refractivity contribution is 5.73. The molecule has 1 heterocycles. The SMILES string of the molecule is N#Cc1ccc(-c2cc(F)ccc2O)c(C2CC2)n1. The van der Waals surface area contributed by atoms with Gasteiger partial charge in [-0.25, -0.2) is 9.37 Å². The molecule has 0 aliphatic heterocycles. The Morgan fingerprint density at radius 3 is 2.68 bits per heavy atom. The first-order valence-corrected chi connectivity index (χ1v) is 6.09. The monoisotopic (exact) mass is 254 g/mol. The molecule has 0 atom stereocenters. The summed E-state index contributed by atoms with van der Waals surface area (Å²) in [6.45, 7) is 0. The van der Waals surface area contributed by atoms with Gasteiger partial charge >= 0.3 is 0 Å². The topological polar surface area (TPSA) is 56.9 Å². The number of nitriles is 1. The Labute approximate surface area is 110 Å². The van der Waals surface area contributed by atoms with Gasteiger partial charge in [0.25, 0.3) is 0 Å². The van der Waals surface area contributed by atoms with E-state index in [0.717, 1.165) is 18.5 Å². The van der Waals surface area contributed by atoms with Crippen molar-refractivity contribution in [3.63, 3.8) is 0 Å². The minimum Gasteiger partial charge on any atom is -0.507 e. The van der Waals surface area contributed by atoms with Gasteiger partial charge in [0.2, 0.25) is 0 Å². The highest BCUT2D eigenvalue weighted by atomic mass is 19.1. The standard InChI is InChI=1S/C15H11FN2O/c16-10-3-6-14(19)13(7-10)12-5-4-11(8-17)18-15(12)9-1-2-9/h3-7,9,19H,1-2H2. The minimum atomic E-state index is -0.404. The molecule has 1 aliphatic carbocycles. The molecule has 0 amide bonds. The van der Waals surface area contributed by atoms with Crippen LogP contribution in [0.5, 0.6) is 5.75 Å². The number of halogens is 1. The molecule has 0 unspecified atom stereocenters. The van der Waals surface area contributed by atoms with Crippen LogP contribution >= 0.6 is 0 Å². The highest BCUT2D eigenvalue weighted by Gasteiger charge is 2.29. The first kappa shape index (κ1) is 11.7. The highest BCUT2D eigenvalue weighted by Crippen LogP contribution is 2.44. The van der Waals surface area contributed by atoms with E-state index in [-0.39, 0.29) is 5.75 Å². The number of phenolic OH excluding ortho intramolecular Hbond substituents is 1. The summed E-state index contributed by atoms with van der Waals surface area (Å²) in [5, 5.41) is 18.8. The van der Waals surface area contributed by atoms with Gasteiger partial charge in [-0.15, -0.1) is 0 Å².